The molecule has 1 aliphatic carbocycles. The van der Waals surface area contributed by atoms with Crippen molar-refractivity contribution in [3.05, 3.63) is 70.5 Å². The number of rotatable bonds is 2. The zero-order valence-corrected chi connectivity index (χ0v) is 10.0. The number of hydrogen-bond acceptors (Lipinski definition) is 1. The van der Waals surface area contributed by atoms with Crippen molar-refractivity contribution in [3.8, 4) is 0 Å². The first-order valence-corrected chi connectivity index (χ1v) is 6.05. The van der Waals surface area contributed by atoms with Gasteiger partial charge in [0.05, 0.1) is 0 Å². The average molecular weight is 263 g/mol. The van der Waals surface area contributed by atoms with Crippen LogP contribution < -0.4 is 5.73 Å². The summed E-state index contributed by atoms with van der Waals surface area (Å²) in [7, 11) is 0. The molecule has 2 aromatic carbocycles. The lowest BCUT2D eigenvalue weighted by Crippen LogP contribution is -2.29. The third kappa shape index (κ3) is 1.92. The number of benzene rings is 2. The largest absolute Gasteiger partial charge is 0.323 e. The summed E-state index contributed by atoms with van der Waals surface area (Å²) in [5.41, 5.74) is 8.26. The molecule has 3 rings (SSSR count). The number of hydrogen-bond donors (Lipinski definition) is 1. The van der Waals surface area contributed by atoms with Crippen LogP contribution in [0.15, 0.2) is 36.4 Å². The van der Waals surface area contributed by atoms with Gasteiger partial charge in [0.25, 0.3) is 0 Å². The zero-order valence-electron chi connectivity index (χ0n) is 10.0. The van der Waals surface area contributed by atoms with Crippen LogP contribution in [0.3, 0.4) is 0 Å². The normalized spacial score (nSPS) is 18.6. The summed E-state index contributed by atoms with van der Waals surface area (Å²) in [6.07, 6.45) is 0.732. The molecule has 0 aromatic heterocycles. The third-order valence-corrected chi connectivity index (χ3v) is 3.73. The molecule has 0 radical (unpaired) electrons. The average Bonchev–Trinajstić information content (AvgIpc) is 2.35. The van der Waals surface area contributed by atoms with Gasteiger partial charge in [-0.2, -0.15) is 0 Å². The van der Waals surface area contributed by atoms with Gasteiger partial charge in [0.1, 0.15) is 5.82 Å². The van der Waals surface area contributed by atoms with Gasteiger partial charge in [0.2, 0.25) is 0 Å². The SMILES string of the molecule is NC(c1cc(F)c(F)cc1F)C1Cc2ccccc21. The summed E-state index contributed by atoms with van der Waals surface area (Å²) < 4.78 is 39.8. The molecule has 0 saturated carbocycles. The van der Waals surface area contributed by atoms with Crippen LogP contribution in [0.4, 0.5) is 13.2 Å². The van der Waals surface area contributed by atoms with Gasteiger partial charge in [-0.1, -0.05) is 24.3 Å². The summed E-state index contributed by atoms with van der Waals surface area (Å²) >= 11 is 0. The highest BCUT2D eigenvalue weighted by Gasteiger charge is 2.33. The van der Waals surface area contributed by atoms with E-state index in [1.807, 2.05) is 24.3 Å². The van der Waals surface area contributed by atoms with Gasteiger partial charge < -0.3 is 5.73 Å². The highest BCUT2D eigenvalue weighted by atomic mass is 19.2. The molecule has 0 heterocycles. The molecule has 1 aliphatic rings. The van der Waals surface area contributed by atoms with E-state index in [9.17, 15) is 13.2 Å². The molecule has 0 spiro atoms. The fourth-order valence-corrected chi connectivity index (χ4v) is 2.63. The molecule has 0 aliphatic heterocycles. The summed E-state index contributed by atoms with van der Waals surface area (Å²) in [5.74, 6) is -3.10. The van der Waals surface area contributed by atoms with Crippen molar-refractivity contribution in [3.63, 3.8) is 0 Å². The van der Waals surface area contributed by atoms with Crippen LogP contribution in [0.1, 0.15) is 28.7 Å². The fourth-order valence-electron chi connectivity index (χ4n) is 2.63. The molecule has 2 aromatic rings. The monoisotopic (exact) mass is 263 g/mol. The smallest absolute Gasteiger partial charge is 0.161 e. The van der Waals surface area contributed by atoms with Gasteiger partial charge in [0.15, 0.2) is 11.6 Å². The Hall–Kier alpha value is -1.81. The van der Waals surface area contributed by atoms with Crippen LogP contribution in [0, 0.1) is 17.5 Å². The first kappa shape index (κ1) is 12.2. The predicted molar refractivity (Wildman–Crippen MR) is 66.1 cm³/mol. The van der Waals surface area contributed by atoms with E-state index in [1.54, 1.807) is 0 Å². The molecule has 1 nitrogen and oxygen atoms in total. The number of nitrogens with two attached hydrogens (primary N) is 1. The Kier molecular flexibility index (Phi) is 2.82. The Morgan fingerprint density at radius 3 is 2.42 bits per heavy atom. The Labute approximate surface area is 108 Å². The lowest BCUT2D eigenvalue weighted by atomic mass is 9.72. The molecule has 2 atom stereocenters. The molecule has 2 N–H and O–H groups in total. The van der Waals surface area contributed by atoms with E-state index in [1.165, 1.54) is 5.56 Å². The molecule has 2 unspecified atom stereocenters. The van der Waals surface area contributed by atoms with Crippen LogP contribution in [0.2, 0.25) is 0 Å². The molecular formula is C15H12F3N. The summed E-state index contributed by atoms with van der Waals surface area (Å²) in [5, 5.41) is 0. The van der Waals surface area contributed by atoms with Crippen LogP contribution in [0.5, 0.6) is 0 Å². The van der Waals surface area contributed by atoms with Crippen LogP contribution in [-0.4, -0.2) is 0 Å². The van der Waals surface area contributed by atoms with Crippen molar-refractivity contribution in [2.45, 2.75) is 18.4 Å². The maximum Gasteiger partial charge on any atom is 0.161 e. The first-order chi connectivity index (χ1) is 9.08. The van der Waals surface area contributed by atoms with E-state index in [4.69, 9.17) is 5.73 Å². The highest BCUT2D eigenvalue weighted by molar-refractivity contribution is 5.43. The second-order valence-electron chi connectivity index (χ2n) is 4.82. The minimum absolute atomic E-state index is 0.0263. The van der Waals surface area contributed by atoms with Crippen molar-refractivity contribution in [1.82, 2.24) is 0 Å². The van der Waals surface area contributed by atoms with Crippen molar-refractivity contribution in [2.24, 2.45) is 5.73 Å². The standard InChI is InChI=1S/C15H12F3N/c16-12-7-14(18)13(17)6-11(12)15(19)10-5-8-3-1-2-4-9(8)10/h1-4,6-7,10,15H,5,19H2. The minimum atomic E-state index is -1.19. The predicted octanol–water partition coefficient (Wildman–Crippen LogP) is 3.44. The van der Waals surface area contributed by atoms with Gasteiger partial charge in [-0.3, -0.25) is 0 Å². The van der Waals surface area contributed by atoms with Crippen LogP contribution >= 0.6 is 0 Å². The molecule has 4 heteroatoms. The van der Waals surface area contributed by atoms with Gasteiger partial charge in [-0.25, -0.2) is 13.2 Å². The second-order valence-corrected chi connectivity index (χ2v) is 4.82. The van der Waals surface area contributed by atoms with Gasteiger partial charge >= 0.3 is 0 Å². The lowest BCUT2D eigenvalue weighted by molar-refractivity contribution is 0.454. The van der Waals surface area contributed by atoms with E-state index in [0.29, 0.717) is 6.07 Å². The topological polar surface area (TPSA) is 26.0 Å². The second kappa shape index (κ2) is 4.38. The Morgan fingerprint density at radius 2 is 1.68 bits per heavy atom. The molecular weight excluding hydrogens is 251 g/mol. The van der Waals surface area contributed by atoms with E-state index in [0.717, 1.165) is 18.1 Å². The number of halogens is 3. The Morgan fingerprint density at radius 1 is 1.00 bits per heavy atom. The maximum atomic E-state index is 13.7. The van der Waals surface area contributed by atoms with Crippen molar-refractivity contribution < 1.29 is 13.2 Å². The minimum Gasteiger partial charge on any atom is -0.323 e. The zero-order chi connectivity index (χ0) is 13.6. The third-order valence-electron chi connectivity index (χ3n) is 3.73. The van der Waals surface area contributed by atoms with Gasteiger partial charge in [-0.05, 0) is 23.6 Å². The van der Waals surface area contributed by atoms with Crippen molar-refractivity contribution >= 4 is 0 Å². The van der Waals surface area contributed by atoms with Gasteiger partial charge in [-0.15, -0.1) is 0 Å². The number of fused-ring (bicyclic) bond motifs is 1. The molecule has 19 heavy (non-hydrogen) atoms. The summed E-state index contributed by atoms with van der Waals surface area (Å²) in [4.78, 5) is 0. The molecule has 98 valence electrons. The molecule has 0 saturated heterocycles. The highest BCUT2D eigenvalue weighted by Crippen LogP contribution is 2.42. The molecule has 0 amide bonds. The lowest BCUT2D eigenvalue weighted by Gasteiger charge is -2.35. The van der Waals surface area contributed by atoms with E-state index in [2.05, 4.69) is 0 Å². The van der Waals surface area contributed by atoms with E-state index >= 15 is 0 Å². The fraction of sp³-hybridized carbons (Fsp3) is 0.200. The van der Waals surface area contributed by atoms with E-state index in [-0.39, 0.29) is 11.5 Å². The quantitative estimate of drug-likeness (QED) is 0.825. The van der Waals surface area contributed by atoms with Crippen LogP contribution in [0.25, 0.3) is 0 Å². The van der Waals surface area contributed by atoms with Crippen molar-refractivity contribution in [2.75, 3.05) is 0 Å². The molecule has 0 bridgehead atoms. The summed E-state index contributed by atoms with van der Waals surface area (Å²) in [6, 6.07) is 8.48. The Balaban J connectivity index is 1.94. The van der Waals surface area contributed by atoms with Crippen LogP contribution in [-0.2, 0) is 6.42 Å². The first-order valence-electron chi connectivity index (χ1n) is 6.05. The molecule has 0 fully saturated rings. The van der Waals surface area contributed by atoms with E-state index < -0.39 is 23.5 Å². The summed E-state index contributed by atoms with van der Waals surface area (Å²) in [6.45, 7) is 0. The Bertz CT molecular complexity index is 639. The van der Waals surface area contributed by atoms with Gasteiger partial charge in [0, 0.05) is 23.6 Å². The maximum absolute atomic E-state index is 13.7. The van der Waals surface area contributed by atoms with Crippen molar-refractivity contribution in [1.29, 1.82) is 0 Å².